The number of unbranched alkanes of at least 4 members (excludes halogenated alkanes) is 1. The van der Waals surface area contributed by atoms with E-state index in [1.54, 1.807) is 24.3 Å². The van der Waals surface area contributed by atoms with Gasteiger partial charge in [0.2, 0.25) is 0 Å². The molecule has 1 rings (SSSR count). The molecule has 0 spiro atoms. The fourth-order valence-corrected chi connectivity index (χ4v) is 1.50. The highest BCUT2D eigenvalue weighted by atomic mass is 16.6. The molecule has 100 valence electrons. The van der Waals surface area contributed by atoms with Crippen molar-refractivity contribution < 1.29 is 14.3 Å². The van der Waals surface area contributed by atoms with Crippen molar-refractivity contribution in [2.45, 2.75) is 26.2 Å². The minimum absolute atomic E-state index is 0.263. The van der Waals surface area contributed by atoms with E-state index in [1.165, 1.54) is 13.2 Å². The molecule has 0 amide bonds. The highest BCUT2D eigenvalue weighted by molar-refractivity contribution is 5.73. The Morgan fingerprint density at radius 2 is 2.21 bits per heavy atom. The molecule has 0 N–H and O–H groups in total. The summed E-state index contributed by atoms with van der Waals surface area (Å²) in [4.78, 5) is 11.6. The van der Waals surface area contributed by atoms with Crippen molar-refractivity contribution in [3.05, 3.63) is 29.8 Å². The van der Waals surface area contributed by atoms with Crippen LogP contribution in [0.15, 0.2) is 24.3 Å². The first kappa shape index (κ1) is 14.8. The molecule has 0 aliphatic carbocycles. The van der Waals surface area contributed by atoms with E-state index in [0.29, 0.717) is 17.9 Å². The summed E-state index contributed by atoms with van der Waals surface area (Å²) in [7, 11) is 1.51. The standard InChI is InChI=1S/C15H17NO3/c1-3-4-7-15(17)19-13-9-8-12(6-5-10-16)11-14(13)18-2/h5-6,8-9,11H,3-4,7H2,1-2H3/b6-5+. The van der Waals surface area contributed by atoms with Gasteiger partial charge in [-0.05, 0) is 30.2 Å². The summed E-state index contributed by atoms with van der Waals surface area (Å²) in [6.45, 7) is 2.02. The number of benzene rings is 1. The van der Waals surface area contributed by atoms with E-state index < -0.39 is 0 Å². The summed E-state index contributed by atoms with van der Waals surface area (Å²) in [5.41, 5.74) is 0.812. The number of carbonyl (C=O) groups excluding carboxylic acids is 1. The van der Waals surface area contributed by atoms with Gasteiger partial charge in [0.25, 0.3) is 0 Å². The molecule has 0 aliphatic heterocycles. The van der Waals surface area contributed by atoms with Gasteiger partial charge < -0.3 is 9.47 Å². The summed E-state index contributed by atoms with van der Waals surface area (Å²) >= 11 is 0. The molecule has 0 unspecified atom stereocenters. The number of nitrogens with zero attached hydrogens (tertiary/aromatic N) is 1. The van der Waals surface area contributed by atoms with Gasteiger partial charge in [0.05, 0.1) is 13.2 Å². The number of methoxy groups -OCH3 is 1. The Labute approximate surface area is 113 Å². The van der Waals surface area contributed by atoms with Crippen molar-refractivity contribution in [1.82, 2.24) is 0 Å². The van der Waals surface area contributed by atoms with Crippen LogP contribution < -0.4 is 9.47 Å². The molecule has 0 aliphatic rings. The predicted octanol–water partition coefficient (Wildman–Crippen LogP) is 3.33. The summed E-state index contributed by atoms with van der Waals surface area (Å²) in [6.07, 6.45) is 5.19. The topological polar surface area (TPSA) is 59.3 Å². The van der Waals surface area contributed by atoms with Gasteiger partial charge >= 0.3 is 5.97 Å². The van der Waals surface area contributed by atoms with Crippen LogP contribution in [0, 0.1) is 11.3 Å². The number of ether oxygens (including phenoxy) is 2. The number of carbonyl (C=O) groups is 1. The van der Waals surface area contributed by atoms with E-state index in [9.17, 15) is 4.79 Å². The molecule has 4 heteroatoms. The maximum Gasteiger partial charge on any atom is 0.311 e. The molecule has 0 saturated carbocycles. The van der Waals surface area contributed by atoms with E-state index in [-0.39, 0.29) is 5.97 Å². The third kappa shape index (κ3) is 4.84. The molecule has 0 aromatic heterocycles. The maximum absolute atomic E-state index is 11.6. The van der Waals surface area contributed by atoms with Crippen LogP contribution in [0.2, 0.25) is 0 Å². The Morgan fingerprint density at radius 1 is 1.42 bits per heavy atom. The highest BCUT2D eigenvalue weighted by Gasteiger charge is 2.09. The highest BCUT2D eigenvalue weighted by Crippen LogP contribution is 2.29. The monoisotopic (exact) mass is 259 g/mol. The Kier molecular flexibility index (Phi) is 6.17. The lowest BCUT2D eigenvalue weighted by Crippen LogP contribution is -2.08. The van der Waals surface area contributed by atoms with Crippen molar-refractivity contribution in [1.29, 1.82) is 5.26 Å². The Balaban J connectivity index is 2.81. The van der Waals surface area contributed by atoms with Gasteiger partial charge in [-0.15, -0.1) is 0 Å². The van der Waals surface area contributed by atoms with Crippen LogP contribution in [0.25, 0.3) is 6.08 Å². The minimum atomic E-state index is -0.263. The number of esters is 1. The fourth-order valence-electron chi connectivity index (χ4n) is 1.50. The van der Waals surface area contributed by atoms with Gasteiger partial charge in [0.15, 0.2) is 11.5 Å². The smallest absolute Gasteiger partial charge is 0.311 e. The summed E-state index contributed by atoms with van der Waals surface area (Å²) in [6, 6.07) is 7.06. The zero-order chi connectivity index (χ0) is 14.1. The van der Waals surface area contributed by atoms with Crippen molar-refractivity contribution in [2.75, 3.05) is 7.11 Å². The van der Waals surface area contributed by atoms with Crippen LogP contribution in [0.4, 0.5) is 0 Å². The number of hydrogen-bond donors (Lipinski definition) is 0. The first-order valence-corrected chi connectivity index (χ1v) is 6.16. The van der Waals surface area contributed by atoms with Gasteiger partial charge in [-0.1, -0.05) is 19.4 Å². The lowest BCUT2D eigenvalue weighted by atomic mass is 10.2. The first-order chi connectivity index (χ1) is 9.21. The zero-order valence-electron chi connectivity index (χ0n) is 11.2. The number of nitriles is 1. The van der Waals surface area contributed by atoms with E-state index in [0.717, 1.165) is 18.4 Å². The third-order valence-corrected chi connectivity index (χ3v) is 2.50. The number of hydrogen-bond acceptors (Lipinski definition) is 4. The van der Waals surface area contributed by atoms with Gasteiger partial charge in [0, 0.05) is 12.5 Å². The SMILES string of the molecule is CCCCC(=O)Oc1ccc(/C=C/C#N)cc1OC. The Bertz CT molecular complexity index is 501. The summed E-state index contributed by atoms with van der Waals surface area (Å²) < 4.78 is 10.4. The second-order valence-electron chi connectivity index (χ2n) is 3.95. The Hall–Kier alpha value is -2.28. The van der Waals surface area contributed by atoms with Gasteiger partial charge in [-0.3, -0.25) is 4.79 Å². The van der Waals surface area contributed by atoms with E-state index in [1.807, 2.05) is 13.0 Å². The van der Waals surface area contributed by atoms with Crippen LogP contribution in [-0.4, -0.2) is 13.1 Å². The average Bonchev–Trinajstić information content (AvgIpc) is 2.43. The molecule has 1 aromatic rings. The zero-order valence-corrected chi connectivity index (χ0v) is 11.2. The minimum Gasteiger partial charge on any atom is -0.493 e. The Morgan fingerprint density at radius 3 is 2.84 bits per heavy atom. The molecule has 4 nitrogen and oxygen atoms in total. The molecule has 0 saturated heterocycles. The summed E-state index contributed by atoms with van der Waals surface area (Å²) in [5.74, 6) is 0.614. The van der Waals surface area contributed by atoms with Crippen molar-refractivity contribution in [3.8, 4) is 17.6 Å². The molecule has 0 bridgehead atoms. The van der Waals surface area contributed by atoms with Crippen LogP contribution in [0.3, 0.4) is 0 Å². The molecule has 0 fully saturated rings. The second kappa shape index (κ2) is 7.93. The first-order valence-electron chi connectivity index (χ1n) is 6.16. The van der Waals surface area contributed by atoms with Gasteiger partial charge in [-0.2, -0.15) is 5.26 Å². The van der Waals surface area contributed by atoms with E-state index >= 15 is 0 Å². The second-order valence-corrected chi connectivity index (χ2v) is 3.95. The van der Waals surface area contributed by atoms with Gasteiger partial charge in [0.1, 0.15) is 0 Å². The number of rotatable bonds is 6. The van der Waals surface area contributed by atoms with Crippen LogP contribution in [-0.2, 0) is 4.79 Å². The van der Waals surface area contributed by atoms with Crippen LogP contribution >= 0.6 is 0 Å². The largest absolute Gasteiger partial charge is 0.493 e. The van der Waals surface area contributed by atoms with Crippen molar-refractivity contribution in [3.63, 3.8) is 0 Å². The molecule has 0 heterocycles. The third-order valence-electron chi connectivity index (χ3n) is 2.50. The fraction of sp³-hybridized carbons (Fsp3) is 0.333. The van der Waals surface area contributed by atoms with E-state index in [2.05, 4.69) is 0 Å². The quantitative estimate of drug-likeness (QED) is 0.446. The summed E-state index contributed by atoms with van der Waals surface area (Å²) in [5, 5.41) is 8.47. The van der Waals surface area contributed by atoms with Gasteiger partial charge in [-0.25, -0.2) is 0 Å². The van der Waals surface area contributed by atoms with Crippen molar-refractivity contribution >= 4 is 12.0 Å². The lowest BCUT2D eigenvalue weighted by molar-refractivity contribution is -0.134. The molecule has 1 aromatic carbocycles. The predicted molar refractivity (Wildman–Crippen MR) is 72.8 cm³/mol. The molecular weight excluding hydrogens is 242 g/mol. The lowest BCUT2D eigenvalue weighted by Gasteiger charge is -2.09. The molecule has 19 heavy (non-hydrogen) atoms. The van der Waals surface area contributed by atoms with Crippen LogP contribution in [0.5, 0.6) is 11.5 Å². The molecular formula is C15H17NO3. The molecule has 0 atom stereocenters. The normalized spacial score (nSPS) is 10.2. The maximum atomic E-state index is 11.6. The molecule has 0 radical (unpaired) electrons. The van der Waals surface area contributed by atoms with Crippen LogP contribution in [0.1, 0.15) is 31.7 Å². The van der Waals surface area contributed by atoms with E-state index in [4.69, 9.17) is 14.7 Å². The van der Waals surface area contributed by atoms with Crippen molar-refractivity contribution in [2.24, 2.45) is 0 Å². The average molecular weight is 259 g/mol. The number of allylic oxidation sites excluding steroid dienone is 1.